The van der Waals surface area contributed by atoms with Gasteiger partial charge >= 0.3 is 0 Å². The fraction of sp³-hybridized carbons (Fsp3) is 0.143. The van der Waals surface area contributed by atoms with Gasteiger partial charge in [-0.3, -0.25) is 0 Å². The molecule has 0 amide bonds. The van der Waals surface area contributed by atoms with Gasteiger partial charge in [0.2, 0.25) is 0 Å². The maximum Gasteiger partial charge on any atom is 0.0595 e. The minimum absolute atomic E-state index is 0.572. The molecule has 0 saturated heterocycles. The van der Waals surface area contributed by atoms with E-state index in [1.165, 1.54) is 0 Å². The van der Waals surface area contributed by atoms with Crippen molar-refractivity contribution in [2.45, 2.75) is 13.5 Å². The van der Waals surface area contributed by atoms with E-state index in [2.05, 4.69) is 5.32 Å². The van der Waals surface area contributed by atoms with Crippen LogP contribution in [0.5, 0.6) is 0 Å². The van der Waals surface area contributed by atoms with Crippen LogP contribution < -0.4 is 5.32 Å². The molecular weight excluding hydrogens is 289 g/mol. The van der Waals surface area contributed by atoms with Gasteiger partial charge in [-0.1, -0.05) is 40.9 Å². The van der Waals surface area contributed by atoms with Crippen LogP contribution in [0.25, 0.3) is 0 Å². The van der Waals surface area contributed by atoms with E-state index in [1.54, 1.807) is 6.07 Å². The van der Waals surface area contributed by atoms with Crippen LogP contribution in [0.4, 0.5) is 5.69 Å². The van der Waals surface area contributed by atoms with Gasteiger partial charge < -0.3 is 5.32 Å². The van der Waals surface area contributed by atoms with Crippen molar-refractivity contribution in [1.82, 2.24) is 0 Å². The molecule has 2 aromatic carbocycles. The van der Waals surface area contributed by atoms with E-state index in [4.69, 9.17) is 34.8 Å². The zero-order valence-electron chi connectivity index (χ0n) is 9.81. The molecule has 0 heterocycles. The lowest BCUT2D eigenvalue weighted by Crippen LogP contribution is -2.00. The summed E-state index contributed by atoms with van der Waals surface area (Å²) in [5.74, 6) is 0. The zero-order valence-corrected chi connectivity index (χ0v) is 12.1. The van der Waals surface area contributed by atoms with Gasteiger partial charge in [0.1, 0.15) is 0 Å². The SMILES string of the molecule is Cc1cc(Cl)ccc1NCc1ccc(Cl)c(Cl)c1. The molecule has 2 aromatic rings. The average Bonchev–Trinajstić information content (AvgIpc) is 2.32. The van der Waals surface area contributed by atoms with E-state index in [-0.39, 0.29) is 0 Å². The lowest BCUT2D eigenvalue weighted by atomic mass is 10.2. The minimum atomic E-state index is 0.572. The number of benzene rings is 2. The Morgan fingerprint density at radius 1 is 0.944 bits per heavy atom. The van der Waals surface area contributed by atoms with Crippen LogP contribution in [0.2, 0.25) is 15.1 Å². The van der Waals surface area contributed by atoms with Gasteiger partial charge in [0, 0.05) is 17.3 Å². The van der Waals surface area contributed by atoms with Crippen LogP contribution in [-0.4, -0.2) is 0 Å². The number of anilines is 1. The Balaban J connectivity index is 2.09. The Kier molecular flexibility index (Phi) is 4.39. The van der Waals surface area contributed by atoms with E-state index in [0.717, 1.165) is 21.8 Å². The molecule has 0 saturated carbocycles. The van der Waals surface area contributed by atoms with Crippen LogP contribution >= 0.6 is 34.8 Å². The monoisotopic (exact) mass is 299 g/mol. The van der Waals surface area contributed by atoms with Crippen LogP contribution in [0.15, 0.2) is 36.4 Å². The number of hydrogen-bond acceptors (Lipinski definition) is 1. The summed E-state index contributed by atoms with van der Waals surface area (Å²) < 4.78 is 0. The molecule has 0 unspecified atom stereocenters. The summed E-state index contributed by atoms with van der Waals surface area (Å²) in [6, 6.07) is 11.4. The molecule has 1 N–H and O–H groups in total. The van der Waals surface area contributed by atoms with Crippen LogP contribution in [0.3, 0.4) is 0 Å². The topological polar surface area (TPSA) is 12.0 Å². The molecule has 0 radical (unpaired) electrons. The first-order chi connectivity index (χ1) is 8.56. The summed E-state index contributed by atoms with van der Waals surface area (Å²) in [4.78, 5) is 0. The van der Waals surface area contributed by atoms with Gasteiger partial charge in [-0.05, 0) is 48.4 Å². The Morgan fingerprint density at radius 3 is 2.39 bits per heavy atom. The van der Waals surface area contributed by atoms with Gasteiger partial charge in [-0.15, -0.1) is 0 Å². The molecule has 0 bridgehead atoms. The van der Waals surface area contributed by atoms with E-state index in [0.29, 0.717) is 16.6 Å². The summed E-state index contributed by atoms with van der Waals surface area (Å²) in [6.45, 7) is 2.71. The fourth-order valence-electron chi connectivity index (χ4n) is 1.67. The highest BCUT2D eigenvalue weighted by Crippen LogP contribution is 2.24. The standard InChI is InChI=1S/C14H12Cl3N/c1-9-6-11(15)3-5-14(9)18-8-10-2-4-12(16)13(17)7-10/h2-7,18H,8H2,1H3. The largest absolute Gasteiger partial charge is 0.381 e. The Bertz CT molecular complexity index is 567. The molecular formula is C14H12Cl3N. The van der Waals surface area contributed by atoms with Gasteiger partial charge in [0.25, 0.3) is 0 Å². The second-order valence-corrected chi connectivity index (χ2v) is 5.31. The number of hydrogen-bond donors (Lipinski definition) is 1. The van der Waals surface area contributed by atoms with Crippen molar-refractivity contribution in [3.8, 4) is 0 Å². The average molecular weight is 301 g/mol. The molecule has 0 aliphatic rings. The van der Waals surface area contributed by atoms with E-state index >= 15 is 0 Å². The molecule has 4 heteroatoms. The van der Waals surface area contributed by atoms with E-state index in [1.807, 2.05) is 37.3 Å². The molecule has 0 aliphatic carbocycles. The highest BCUT2D eigenvalue weighted by molar-refractivity contribution is 6.42. The maximum absolute atomic E-state index is 5.97. The molecule has 0 atom stereocenters. The van der Waals surface area contributed by atoms with Crippen molar-refractivity contribution >= 4 is 40.5 Å². The van der Waals surface area contributed by atoms with Crippen molar-refractivity contribution in [3.05, 3.63) is 62.6 Å². The second kappa shape index (κ2) is 5.83. The summed E-state index contributed by atoms with van der Waals surface area (Å²) in [5.41, 5.74) is 3.26. The van der Waals surface area contributed by atoms with Crippen molar-refractivity contribution in [2.75, 3.05) is 5.32 Å². The highest BCUT2D eigenvalue weighted by Gasteiger charge is 2.01. The molecule has 0 fully saturated rings. The Morgan fingerprint density at radius 2 is 1.72 bits per heavy atom. The van der Waals surface area contributed by atoms with Crippen molar-refractivity contribution < 1.29 is 0 Å². The van der Waals surface area contributed by atoms with E-state index in [9.17, 15) is 0 Å². The molecule has 0 aromatic heterocycles. The summed E-state index contributed by atoms with van der Waals surface area (Å²) >= 11 is 17.8. The van der Waals surface area contributed by atoms with Gasteiger partial charge in [-0.2, -0.15) is 0 Å². The highest BCUT2D eigenvalue weighted by atomic mass is 35.5. The van der Waals surface area contributed by atoms with Crippen molar-refractivity contribution in [1.29, 1.82) is 0 Å². The van der Waals surface area contributed by atoms with Crippen LogP contribution in [0, 0.1) is 6.92 Å². The summed E-state index contributed by atoms with van der Waals surface area (Å²) in [7, 11) is 0. The molecule has 94 valence electrons. The predicted octanol–water partition coefficient (Wildman–Crippen LogP) is 5.57. The third-order valence-electron chi connectivity index (χ3n) is 2.66. The van der Waals surface area contributed by atoms with Gasteiger partial charge in [0.05, 0.1) is 10.0 Å². The quantitative estimate of drug-likeness (QED) is 0.781. The molecule has 0 spiro atoms. The minimum Gasteiger partial charge on any atom is -0.381 e. The van der Waals surface area contributed by atoms with E-state index < -0.39 is 0 Å². The maximum atomic E-state index is 5.97. The molecule has 2 rings (SSSR count). The third-order valence-corrected chi connectivity index (χ3v) is 3.63. The number of halogens is 3. The van der Waals surface area contributed by atoms with Crippen LogP contribution in [0.1, 0.15) is 11.1 Å². The zero-order chi connectivity index (χ0) is 13.1. The summed E-state index contributed by atoms with van der Waals surface area (Å²) in [6.07, 6.45) is 0. The first-order valence-electron chi connectivity index (χ1n) is 5.50. The lowest BCUT2D eigenvalue weighted by molar-refractivity contribution is 1.14. The van der Waals surface area contributed by atoms with Crippen molar-refractivity contribution in [3.63, 3.8) is 0 Å². The fourth-order valence-corrected chi connectivity index (χ4v) is 2.22. The van der Waals surface area contributed by atoms with Crippen molar-refractivity contribution in [2.24, 2.45) is 0 Å². The number of aryl methyl sites for hydroxylation is 1. The van der Waals surface area contributed by atoms with Gasteiger partial charge in [0.15, 0.2) is 0 Å². The number of nitrogens with one attached hydrogen (secondary N) is 1. The number of rotatable bonds is 3. The Hall–Kier alpha value is -0.890. The first kappa shape index (κ1) is 13.5. The summed E-state index contributed by atoms with van der Waals surface area (Å²) in [5, 5.41) is 5.23. The molecule has 0 aliphatic heterocycles. The second-order valence-electron chi connectivity index (χ2n) is 4.06. The lowest BCUT2D eigenvalue weighted by Gasteiger charge is -2.10. The van der Waals surface area contributed by atoms with Gasteiger partial charge in [-0.25, -0.2) is 0 Å². The normalized spacial score (nSPS) is 10.4. The predicted molar refractivity (Wildman–Crippen MR) is 80.0 cm³/mol. The smallest absolute Gasteiger partial charge is 0.0595 e. The third kappa shape index (κ3) is 3.32. The van der Waals surface area contributed by atoms with Crippen LogP contribution in [-0.2, 0) is 6.54 Å². The molecule has 18 heavy (non-hydrogen) atoms. The molecule has 1 nitrogen and oxygen atoms in total. The first-order valence-corrected chi connectivity index (χ1v) is 6.63. The Labute approximate surface area is 122 Å².